The van der Waals surface area contributed by atoms with Gasteiger partial charge in [-0.3, -0.25) is 0 Å². The van der Waals surface area contributed by atoms with Crippen molar-refractivity contribution in [1.29, 1.82) is 0 Å². The molecule has 0 amide bonds. The maximum absolute atomic E-state index is 3.77. The summed E-state index contributed by atoms with van der Waals surface area (Å²) in [6, 6.07) is 7.98. The normalized spacial score (nSPS) is 26.0. The molecule has 1 saturated heterocycles. The molecule has 2 atom stereocenters. The number of fused-ring (bicyclic) bond motifs is 1. The van der Waals surface area contributed by atoms with Crippen molar-refractivity contribution in [2.75, 3.05) is 19.6 Å². The van der Waals surface area contributed by atoms with Crippen LogP contribution in [0.1, 0.15) is 56.2 Å². The van der Waals surface area contributed by atoms with Gasteiger partial charge < -0.3 is 10.2 Å². The Balaban J connectivity index is 1.44. The highest BCUT2D eigenvalue weighted by molar-refractivity contribution is 9.10. The minimum Gasteiger partial charge on any atom is -0.310 e. The van der Waals surface area contributed by atoms with Crippen molar-refractivity contribution in [2.24, 2.45) is 0 Å². The van der Waals surface area contributed by atoms with Gasteiger partial charge in [-0.05, 0) is 75.9 Å². The Hall–Kier alpha value is -0.380. The maximum atomic E-state index is 3.77. The SMILES string of the molecule is CC1CCCCN1CCCNC1CCc2c(Br)cccc21. The molecule has 2 nitrogen and oxygen atoms in total. The molecular formula is C18H27BrN2. The van der Waals surface area contributed by atoms with Crippen LogP contribution < -0.4 is 5.32 Å². The molecule has 0 aromatic heterocycles. The summed E-state index contributed by atoms with van der Waals surface area (Å²) in [6.45, 7) is 6.09. The lowest BCUT2D eigenvalue weighted by Crippen LogP contribution is -2.39. The second kappa shape index (κ2) is 7.26. The molecule has 0 spiro atoms. The number of likely N-dealkylation sites (tertiary alicyclic amines) is 1. The van der Waals surface area contributed by atoms with E-state index in [-0.39, 0.29) is 0 Å². The fourth-order valence-electron chi connectivity index (χ4n) is 3.87. The molecule has 0 radical (unpaired) electrons. The van der Waals surface area contributed by atoms with Crippen LogP contribution in [0.5, 0.6) is 0 Å². The van der Waals surface area contributed by atoms with Crippen LogP contribution in [0.15, 0.2) is 22.7 Å². The van der Waals surface area contributed by atoms with E-state index in [1.807, 2.05) is 0 Å². The molecule has 116 valence electrons. The number of rotatable bonds is 5. The van der Waals surface area contributed by atoms with Crippen LogP contribution in [-0.4, -0.2) is 30.6 Å². The second-order valence-electron chi connectivity index (χ2n) is 6.59. The fraction of sp³-hybridized carbons (Fsp3) is 0.667. The highest BCUT2D eigenvalue weighted by atomic mass is 79.9. The molecule has 3 rings (SSSR count). The summed E-state index contributed by atoms with van der Waals surface area (Å²) >= 11 is 3.68. The molecule has 1 aliphatic heterocycles. The first-order chi connectivity index (χ1) is 10.3. The van der Waals surface area contributed by atoms with Crippen LogP contribution in [0, 0.1) is 0 Å². The Kier molecular flexibility index (Phi) is 5.36. The third-order valence-corrected chi connectivity index (χ3v) is 5.91. The molecule has 1 aromatic carbocycles. The lowest BCUT2D eigenvalue weighted by Gasteiger charge is -2.33. The summed E-state index contributed by atoms with van der Waals surface area (Å²) in [7, 11) is 0. The monoisotopic (exact) mass is 350 g/mol. The van der Waals surface area contributed by atoms with Gasteiger partial charge in [-0.2, -0.15) is 0 Å². The number of nitrogens with one attached hydrogen (secondary N) is 1. The molecule has 2 unspecified atom stereocenters. The zero-order valence-corrected chi connectivity index (χ0v) is 14.7. The van der Waals surface area contributed by atoms with Crippen molar-refractivity contribution in [3.63, 3.8) is 0 Å². The van der Waals surface area contributed by atoms with Crippen LogP contribution in [0.3, 0.4) is 0 Å². The summed E-state index contributed by atoms with van der Waals surface area (Å²) in [5, 5.41) is 3.77. The molecular weight excluding hydrogens is 324 g/mol. The van der Waals surface area contributed by atoms with E-state index < -0.39 is 0 Å². The van der Waals surface area contributed by atoms with Gasteiger partial charge in [0.1, 0.15) is 0 Å². The topological polar surface area (TPSA) is 15.3 Å². The number of nitrogens with zero attached hydrogens (tertiary/aromatic N) is 1. The number of hydrogen-bond acceptors (Lipinski definition) is 2. The summed E-state index contributed by atoms with van der Waals surface area (Å²) in [4.78, 5) is 2.67. The molecule has 2 aliphatic rings. The predicted molar refractivity (Wildman–Crippen MR) is 92.7 cm³/mol. The van der Waals surface area contributed by atoms with E-state index in [9.17, 15) is 0 Å². The largest absolute Gasteiger partial charge is 0.310 e. The standard InChI is InChI=1S/C18H27BrN2/c1-14-6-2-3-12-21(14)13-5-11-20-18-10-9-15-16(18)7-4-8-17(15)19/h4,7-8,14,18,20H,2-3,5-6,9-13H2,1H3. The summed E-state index contributed by atoms with van der Waals surface area (Å²) < 4.78 is 1.28. The molecule has 3 heteroatoms. The lowest BCUT2D eigenvalue weighted by molar-refractivity contribution is 0.158. The van der Waals surface area contributed by atoms with Crippen LogP contribution >= 0.6 is 15.9 Å². The summed E-state index contributed by atoms with van der Waals surface area (Å²) in [5.41, 5.74) is 3.02. The van der Waals surface area contributed by atoms with Gasteiger partial charge in [0.25, 0.3) is 0 Å². The average molecular weight is 351 g/mol. The van der Waals surface area contributed by atoms with E-state index in [4.69, 9.17) is 0 Å². The Morgan fingerprint density at radius 1 is 1.29 bits per heavy atom. The van der Waals surface area contributed by atoms with Crippen LogP contribution in [-0.2, 0) is 6.42 Å². The van der Waals surface area contributed by atoms with Crippen LogP contribution in [0.4, 0.5) is 0 Å². The van der Waals surface area contributed by atoms with E-state index >= 15 is 0 Å². The van der Waals surface area contributed by atoms with Crippen LogP contribution in [0.2, 0.25) is 0 Å². The van der Waals surface area contributed by atoms with Crippen molar-refractivity contribution in [2.45, 2.75) is 57.5 Å². The fourth-order valence-corrected chi connectivity index (χ4v) is 4.45. The Labute approximate surface area is 137 Å². The number of halogens is 1. The number of hydrogen-bond donors (Lipinski definition) is 1. The van der Waals surface area contributed by atoms with E-state index in [1.54, 1.807) is 0 Å². The van der Waals surface area contributed by atoms with Gasteiger partial charge in [0.05, 0.1) is 0 Å². The summed E-state index contributed by atoms with van der Waals surface area (Å²) in [5.74, 6) is 0. The molecule has 1 aliphatic carbocycles. The molecule has 21 heavy (non-hydrogen) atoms. The zero-order chi connectivity index (χ0) is 14.7. The van der Waals surface area contributed by atoms with E-state index in [1.165, 1.54) is 67.2 Å². The van der Waals surface area contributed by atoms with Crippen molar-refractivity contribution >= 4 is 15.9 Å². The Morgan fingerprint density at radius 3 is 3.05 bits per heavy atom. The molecule has 1 N–H and O–H groups in total. The third-order valence-electron chi connectivity index (χ3n) is 5.17. The van der Waals surface area contributed by atoms with E-state index in [0.717, 1.165) is 12.6 Å². The van der Waals surface area contributed by atoms with Crippen LogP contribution in [0.25, 0.3) is 0 Å². The van der Waals surface area contributed by atoms with Gasteiger partial charge in [0.15, 0.2) is 0 Å². The van der Waals surface area contributed by atoms with Gasteiger partial charge in [-0.25, -0.2) is 0 Å². The van der Waals surface area contributed by atoms with Gasteiger partial charge in [-0.1, -0.05) is 34.5 Å². The first kappa shape index (κ1) is 15.5. The highest BCUT2D eigenvalue weighted by Crippen LogP contribution is 2.35. The molecule has 1 aromatic rings. The van der Waals surface area contributed by atoms with Gasteiger partial charge in [0.2, 0.25) is 0 Å². The number of piperidine rings is 1. The molecule has 0 saturated carbocycles. The lowest BCUT2D eigenvalue weighted by atomic mass is 10.0. The summed E-state index contributed by atoms with van der Waals surface area (Å²) in [6.07, 6.45) is 7.92. The highest BCUT2D eigenvalue weighted by Gasteiger charge is 2.23. The predicted octanol–water partition coefficient (Wildman–Crippen LogP) is 4.29. The number of benzene rings is 1. The van der Waals surface area contributed by atoms with E-state index in [0.29, 0.717) is 6.04 Å². The van der Waals surface area contributed by atoms with Gasteiger partial charge in [0, 0.05) is 16.6 Å². The quantitative estimate of drug-likeness (QED) is 0.796. The van der Waals surface area contributed by atoms with Crippen molar-refractivity contribution in [3.05, 3.63) is 33.8 Å². The molecule has 1 heterocycles. The first-order valence-corrected chi connectivity index (χ1v) is 9.29. The first-order valence-electron chi connectivity index (χ1n) is 8.50. The Morgan fingerprint density at radius 2 is 2.19 bits per heavy atom. The minimum atomic E-state index is 0.566. The van der Waals surface area contributed by atoms with Crippen molar-refractivity contribution < 1.29 is 0 Å². The third kappa shape index (κ3) is 3.69. The second-order valence-corrected chi connectivity index (χ2v) is 7.44. The molecule has 0 bridgehead atoms. The smallest absolute Gasteiger partial charge is 0.0326 e. The maximum Gasteiger partial charge on any atom is 0.0326 e. The van der Waals surface area contributed by atoms with Gasteiger partial charge >= 0.3 is 0 Å². The average Bonchev–Trinajstić information content (AvgIpc) is 2.90. The minimum absolute atomic E-state index is 0.566. The van der Waals surface area contributed by atoms with Crippen molar-refractivity contribution in [1.82, 2.24) is 10.2 Å². The van der Waals surface area contributed by atoms with Gasteiger partial charge in [-0.15, -0.1) is 0 Å². The zero-order valence-electron chi connectivity index (χ0n) is 13.1. The Bertz CT molecular complexity index is 474. The van der Waals surface area contributed by atoms with Crippen molar-refractivity contribution in [3.8, 4) is 0 Å². The molecule has 1 fully saturated rings. The van der Waals surface area contributed by atoms with E-state index in [2.05, 4.69) is 51.3 Å².